The fourth-order valence-electron chi connectivity index (χ4n) is 2.40. The summed E-state index contributed by atoms with van der Waals surface area (Å²) in [6.45, 7) is 1.92. The Morgan fingerprint density at radius 3 is 2.33 bits per heavy atom. The van der Waals surface area contributed by atoms with Gasteiger partial charge in [-0.05, 0) is 37.3 Å². The van der Waals surface area contributed by atoms with Crippen LogP contribution in [0.4, 0.5) is 0 Å². The van der Waals surface area contributed by atoms with Gasteiger partial charge < -0.3 is 0 Å². The SMILES string of the molecule is Cc1cc(C=O)nn1-c1ccccc1.c1ccc2ncccc2c1. The zero-order valence-electron chi connectivity index (χ0n) is 13.3. The molecule has 4 heteroatoms. The monoisotopic (exact) mass is 315 g/mol. The van der Waals surface area contributed by atoms with Crippen LogP contribution in [-0.2, 0) is 0 Å². The molecule has 2 aromatic carbocycles. The van der Waals surface area contributed by atoms with Gasteiger partial charge in [-0.1, -0.05) is 42.5 Å². The number of aromatic nitrogens is 3. The summed E-state index contributed by atoms with van der Waals surface area (Å²) in [5.41, 5.74) is 3.45. The Kier molecular flexibility index (Phi) is 4.77. The fourth-order valence-corrected chi connectivity index (χ4v) is 2.40. The summed E-state index contributed by atoms with van der Waals surface area (Å²) in [6.07, 6.45) is 2.56. The van der Waals surface area contributed by atoms with E-state index in [9.17, 15) is 4.79 Å². The number of aryl methyl sites for hydroxylation is 1. The highest BCUT2D eigenvalue weighted by Crippen LogP contribution is 2.10. The van der Waals surface area contributed by atoms with Crippen LogP contribution in [0.1, 0.15) is 16.2 Å². The maximum Gasteiger partial charge on any atom is 0.170 e. The number of fused-ring (bicyclic) bond motifs is 1. The summed E-state index contributed by atoms with van der Waals surface area (Å²) >= 11 is 0. The molecule has 0 radical (unpaired) electrons. The van der Waals surface area contributed by atoms with Gasteiger partial charge in [0.05, 0.1) is 11.2 Å². The fraction of sp³-hybridized carbons (Fsp3) is 0.0500. The highest BCUT2D eigenvalue weighted by molar-refractivity contribution is 5.77. The lowest BCUT2D eigenvalue weighted by atomic mass is 10.2. The van der Waals surface area contributed by atoms with Gasteiger partial charge in [0.1, 0.15) is 5.69 Å². The highest BCUT2D eigenvalue weighted by Gasteiger charge is 2.03. The van der Waals surface area contributed by atoms with E-state index in [1.54, 1.807) is 10.7 Å². The highest BCUT2D eigenvalue weighted by atomic mass is 16.1. The summed E-state index contributed by atoms with van der Waals surface area (Å²) in [5, 5.41) is 5.35. The van der Waals surface area contributed by atoms with E-state index in [4.69, 9.17) is 0 Å². The first-order chi connectivity index (χ1) is 11.8. The molecule has 0 saturated carbocycles. The third-order valence-corrected chi connectivity index (χ3v) is 3.54. The van der Waals surface area contributed by atoms with Gasteiger partial charge in [-0.3, -0.25) is 9.78 Å². The lowest BCUT2D eigenvalue weighted by molar-refractivity contribution is 0.111. The summed E-state index contributed by atoms with van der Waals surface area (Å²) in [4.78, 5) is 14.7. The van der Waals surface area contributed by atoms with Crippen molar-refractivity contribution in [1.82, 2.24) is 14.8 Å². The van der Waals surface area contributed by atoms with Crippen molar-refractivity contribution in [1.29, 1.82) is 0 Å². The number of hydrogen-bond acceptors (Lipinski definition) is 3. The molecule has 0 atom stereocenters. The van der Waals surface area contributed by atoms with Crippen molar-refractivity contribution in [3.63, 3.8) is 0 Å². The van der Waals surface area contributed by atoms with Gasteiger partial charge in [0.2, 0.25) is 0 Å². The first kappa shape index (κ1) is 15.6. The van der Waals surface area contributed by atoms with E-state index in [0.717, 1.165) is 23.2 Å². The van der Waals surface area contributed by atoms with Gasteiger partial charge >= 0.3 is 0 Å². The largest absolute Gasteiger partial charge is 0.296 e. The summed E-state index contributed by atoms with van der Waals surface area (Å²) in [5.74, 6) is 0. The molecule has 118 valence electrons. The molecule has 0 aliphatic heterocycles. The van der Waals surface area contributed by atoms with Gasteiger partial charge in [0, 0.05) is 17.3 Å². The third-order valence-electron chi connectivity index (χ3n) is 3.54. The van der Waals surface area contributed by atoms with Gasteiger partial charge in [0.15, 0.2) is 6.29 Å². The Hall–Kier alpha value is -3.27. The molecule has 0 aliphatic carbocycles. The molecule has 4 nitrogen and oxygen atoms in total. The van der Waals surface area contributed by atoms with Crippen LogP contribution >= 0.6 is 0 Å². The van der Waals surface area contributed by atoms with Crippen LogP contribution in [0, 0.1) is 6.92 Å². The van der Waals surface area contributed by atoms with Crippen molar-refractivity contribution < 1.29 is 4.79 Å². The van der Waals surface area contributed by atoms with Crippen LogP contribution in [0.5, 0.6) is 0 Å². The molecule has 0 fully saturated rings. The van der Waals surface area contributed by atoms with Crippen LogP contribution in [0.2, 0.25) is 0 Å². The van der Waals surface area contributed by atoms with Crippen molar-refractivity contribution in [3.8, 4) is 5.69 Å². The van der Waals surface area contributed by atoms with Crippen molar-refractivity contribution in [2.75, 3.05) is 0 Å². The Labute approximate surface area is 140 Å². The summed E-state index contributed by atoms with van der Waals surface area (Å²) in [7, 11) is 0. The Morgan fingerprint density at radius 2 is 1.62 bits per heavy atom. The number of benzene rings is 2. The molecule has 0 amide bonds. The molecule has 0 saturated heterocycles. The Bertz CT molecular complexity index is 880. The summed E-state index contributed by atoms with van der Waals surface area (Å²) < 4.78 is 1.75. The number of para-hydroxylation sites is 2. The Balaban J connectivity index is 0.000000149. The second kappa shape index (κ2) is 7.33. The molecular formula is C20H17N3O. The van der Waals surface area contributed by atoms with E-state index in [-0.39, 0.29) is 0 Å². The first-order valence-corrected chi connectivity index (χ1v) is 7.65. The topological polar surface area (TPSA) is 47.8 Å². The molecule has 24 heavy (non-hydrogen) atoms. The Morgan fingerprint density at radius 1 is 0.917 bits per heavy atom. The van der Waals surface area contributed by atoms with Crippen molar-refractivity contribution >= 4 is 17.2 Å². The standard InChI is InChI=1S/C11H10N2O.C9H7N/c1-9-7-10(8-14)12-13(9)11-5-3-2-4-6-11;1-2-6-9-8(4-1)5-3-7-10-9/h2-8H,1H3;1-7H. The molecule has 2 aromatic heterocycles. The zero-order valence-corrected chi connectivity index (χ0v) is 13.3. The molecule has 0 bridgehead atoms. The minimum absolute atomic E-state index is 0.464. The average Bonchev–Trinajstić information content (AvgIpc) is 3.04. The van der Waals surface area contributed by atoms with Crippen molar-refractivity contribution in [2.45, 2.75) is 6.92 Å². The minimum Gasteiger partial charge on any atom is -0.296 e. The van der Waals surface area contributed by atoms with E-state index >= 15 is 0 Å². The van der Waals surface area contributed by atoms with Crippen molar-refractivity contribution in [3.05, 3.63) is 90.4 Å². The van der Waals surface area contributed by atoms with E-state index in [1.807, 2.05) is 67.7 Å². The summed E-state index contributed by atoms with van der Waals surface area (Å²) in [6, 6.07) is 23.6. The quantitative estimate of drug-likeness (QED) is 0.520. The molecule has 4 aromatic rings. The maximum atomic E-state index is 10.5. The molecule has 2 heterocycles. The lowest BCUT2D eigenvalue weighted by Crippen LogP contribution is -1.98. The van der Waals surface area contributed by atoms with Crippen molar-refractivity contribution in [2.24, 2.45) is 0 Å². The third kappa shape index (κ3) is 3.55. The van der Waals surface area contributed by atoms with Gasteiger partial charge in [-0.2, -0.15) is 5.10 Å². The van der Waals surface area contributed by atoms with Crippen LogP contribution in [0.15, 0.2) is 79.0 Å². The second-order valence-corrected chi connectivity index (χ2v) is 5.27. The second-order valence-electron chi connectivity index (χ2n) is 5.27. The predicted molar refractivity (Wildman–Crippen MR) is 95.4 cm³/mol. The normalized spacial score (nSPS) is 10.0. The number of carbonyl (C=O) groups excluding carboxylic acids is 1. The van der Waals surface area contributed by atoms with Gasteiger partial charge in [-0.25, -0.2) is 4.68 Å². The number of rotatable bonds is 2. The zero-order chi connectivity index (χ0) is 16.8. The number of pyridine rings is 1. The lowest BCUT2D eigenvalue weighted by Gasteiger charge is -2.02. The van der Waals surface area contributed by atoms with E-state index < -0.39 is 0 Å². The van der Waals surface area contributed by atoms with E-state index in [0.29, 0.717) is 5.69 Å². The molecule has 4 rings (SSSR count). The minimum atomic E-state index is 0.464. The first-order valence-electron chi connectivity index (χ1n) is 7.65. The van der Waals surface area contributed by atoms with E-state index in [1.165, 1.54) is 5.39 Å². The van der Waals surface area contributed by atoms with Crippen LogP contribution in [0.3, 0.4) is 0 Å². The van der Waals surface area contributed by atoms with E-state index in [2.05, 4.69) is 22.2 Å². The smallest absolute Gasteiger partial charge is 0.170 e. The molecule has 0 aliphatic rings. The van der Waals surface area contributed by atoms with Gasteiger partial charge in [-0.15, -0.1) is 0 Å². The predicted octanol–water partition coefficient (Wildman–Crippen LogP) is 4.23. The van der Waals surface area contributed by atoms with Gasteiger partial charge in [0.25, 0.3) is 0 Å². The molecule has 0 N–H and O–H groups in total. The van der Waals surface area contributed by atoms with Crippen LogP contribution in [0.25, 0.3) is 16.6 Å². The average molecular weight is 315 g/mol. The molecular weight excluding hydrogens is 298 g/mol. The van der Waals surface area contributed by atoms with Crippen LogP contribution < -0.4 is 0 Å². The van der Waals surface area contributed by atoms with Crippen LogP contribution in [-0.4, -0.2) is 21.1 Å². The molecule has 0 spiro atoms. The number of nitrogens with zero attached hydrogens (tertiary/aromatic N) is 3. The maximum absolute atomic E-state index is 10.5. The number of carbonyl (C=O) groups is 1. The molecule has 0 unspecified atom stereocenters. The number of aldehydes is 1. The number of hydrogen-bond donors (Lipinski definition) is 0.